The molecule has 23 heavy (non-hydrogen) atoms. The first-order valence-corrected chi connectivity index (χ1v) is 7.29. The largest absolute Gasteiger partial charge is 0.489 e. The van der Waals surface area contributed by atoms with E-state index < -0.39 is 0 Å². The van der Waals surface area contributed by atoms with Crippen LogP contribution in [0.5, 0.6) is 5.75 Å². The van der Waals surface area contributed by atoms with Crippen molar-refractivity contribution in [2.45, 2.75) is 12.8 Å². The molecule has 0 aromatic heterocycles. The molecule has 0 atom stereocenters. The summed E-state index contributed by atoms with van der Waals surface area (Å²) in [6.07, 6.45) is 8.85. The number of imide groups is 1. The Morgan fingerprint density at radius 1 is 0.913 bits per heavy atom. The SMILES string of the molecule is C=CCOc1cc(N2C(=O)C=CC2=O)c(CC=C)cc1CC=C. The van der Waals surface area contributed by atoms with Crippen molar-refractivity contribution < 1.29 is 14.3 Å². The zero-order chi connectivity index (χ0) is 16.8. The molecule has 0 spiro atoms. The van der Waals surface area contributed by atoms with Crippen LogP contribution >= 0.6 is 0 Å². The molecule has 0 aliphatic carbocycles. The summed E-state index contributed by atoms with van der Waals surface area (Å²) >= 11 is 0. The van der Waals surface area contributed by atoms with Gasteiger partial charge in [-0.25, -0.2) is 4.90 Å². The van der Waals surface area contributed by atoms with Crippen molar-refractivity contribution >= 4 is 17.5 Å². The molecule has 1 heterocycles. The van der Waals surface area contributed by atoms with Gasteiger partial charge >= 0.3 is 0 Å². The van der Waals surface area contributed by atoms with E-state index in [1.54, 1.807) is 24.3 Å². The fourth-order valence-electron chi connectivity index (χ4n) is 2.43. The van der Waals surface area contributed by atoms with E-state index >= 15 is 0 Å². The lowest BCUT2D eigenvalue weighted by Crippen LogP contribution is -2.30. The third-order valence-electron chi connectivity index (χ3n) is 3.40. The minimum absolute atomic E-state index is 0.338. The number of rotatable bonds is 8. The Morgan fingerprint density at radius 2 is 1.52 bits per heavy atom. The van der Waals surface area contributed by atoms with Gasteiger partial charge in [0, 0.05) is 18.2 Å². The summed E-state index contributed by atoms with van der Waals surface area (Å²) in [6.45, 7) is 11.5. The molecule has 0 fully saturated rings. The number of carbonyl (C=O) groups is 2. The minimum Gasteiger partial charge on any atom is -0.489 e. The molecule has 0 saturated heterocycles. The standard InChI is InChI=1S/C19H19NO3/c1-4-7-14-12-15(8-5-2)17(23-11-6-3)13-16(14)20-18(21)9-10-19(20)22/h4-6,9-10,12-13H,1-3,7-8,11H2. The molecule has 118 valence electrons. The average molecular weight is 309 g/mol. The highest BCUT2D eigenvalue weighted by Gasteiger charge is 2.28. The number of ether oxygens (including phenoxy) is 1. The minimum atomic E-state index is -0.355. The van der Waals surface area contributed by atoms with Crippen molar-refractivity contribution in [3.8, 4) is 5.75 Å². The highest BCUT2D eigenvalue weighted by atomic mass is 16.5. The van der Waals surface area contributed by atoms with Crippen LogP contribution < -0.4 is 9.64 Å². The highest BCUT2D eigenvalue weighted by molar-refractivity contribution is 6.28. The topological polar surface area (TPSA) is 46.6 Å². The first-order valence-electron chi connectivity index (χ1n) is 7.29. The molecule has 0 saturated carbocycles. The normalized spacial score (nSPS) is 13.3. The molecule has 0 unspecified atom stereocenters. The van der Waals surface area contributed by atoms with Gasteiger partial charge in [0.1, 0.15) is 12.4 Å². The van der Waals surface area contributed by atoms with Gasteiger partial charge in [-0.2, -0.15) is 0 Å². The zero-order valence-corrected chi connectivity index (χ0v) is 13.0. The summed E-state index contributed by atoms with van der Waals surface area (Å²) in [7, 11) is 0. The molecule has 1 aliphatic heterocycles. The average Bonchev–Trinajstić information content (AvgIpc) is 2.86. The van der Waals surface area contributed by atoms with Crippen LogP contribution in [0.3, 0.4) is 0 Å². The van der Waals surface area contributed by atoms with Crippen LogP contribution in [0.25, 0.3) is 0 Å². The number of allylic oxidation sites excluding steroid dienone is 2. The van der Waals surface area contributed by atoms with Crippen molar-refractivity contribution in [2.75, 3.05) is 11.5 Å². The third-order valence-corrected chi connectivity index (χ3v) is 3.40. The molecular formula is C19H19NO3. The maximum absolute atomic E-state index is 12.0. The van der Waals surface area contributed by atoms with Crippen LogP contribution in [0.2, 0.25) is 0 Å². The fraction of sp³-hybridized carbons (Fsp3) is 0.158. The number of hydrogen-bond acceptors (Lipinski definition) is 3. The molecule has 4 nitrogen and oxygen atoms in total. The number of benzene rings is 1. The van der Waals surface area contributed by atoms with Crippen molar-refractivity contribution in [1.82, 2.24) is 0 Å². The van der Waals surface area contributed by atoms with Gasteiger partial charge in [-0.05, 0) is 30.0 Å². The summed E-state index contributed by atoms with van der Waals surface area (Å²) < 4.78 is 5.68. The molecule has 1 aromatic rings. The fourth-order valence-corrected chi connectivity index (χ4v) is 2.43. The Morgan fingerprint density at radius 3 is 2.09 bits per heavy atom. The second-order valence-electron chi connectivity index (χ2n) is 5.02. The lowest BCUT2D eigenvalue weighted by Gasteiger charge is -2.21. The van der Waals surface area contributed by atoms with E-state index in [2.05, 4.69) is 19.7 Å². The summed E-state index contributed by atoms with van der Waals surface area (Å²) in [5, 5.41) is 0. The van der Waals surface area contributed by atoms with Gasteiger partial charge in [0.25, 0.3) is 11.8 Å². The molecule has 2 amide bonds. The predicted molar refractivity (Wildman–Crippen MR) is 91.6 cm³/mol. The van der Waals surface area contributed by atoms with Gasteiger partial charge in [0.05, 0.1) is 5.69 Å². The second kappa shape index (κ2) is 7.40. The van der Waals surface area contributed by atoms with Gasteiger partial charge in [-0.1, -0.05) is 24.8 Å². The zero-order valence-electron chi connectivity index (χ0n) is 13.0. The highest BCUT2D eigenvalue weighted by Crippen LogP contribution is 2.33. The Bertz CT molecular complexity index is 683. The number of anilines is 1. The molecule has 2 rings (SSSR count). The smallest absolute Gasteiger partial charge is 0.258 e. The molecule has 0 bridgehead atoms. The monoisotopic (exact) mass is 309 g/mol. The van der Waals surface area contributed by atoms with Crippen LogP contribution in [-0.2, 0) is 22.4 Å². The number of carbonyl (C=O) groups excluding carboxylic acids is 2. The first-order chi connectivity index (χ1) is 11.1. The van der Waals surface area contributed by atoms with Crippen molar-refractivity contribution in [1.29, 1.82) is 0 Å². The Labute approximate surface area is 136 Å². The number of nitrogens with zero attached hydrogens (tertiary/aromatic N) is 1. The molecule has 0 N–H and O–H groups in total. The Hall–Kier alpha value is -2.88. The predicted octanol–water partition coefficient (Wildman–Crippen LogP) is 3.14. The van der Waals surface area contributed by atoms with Crippen molar-refractivity contribution in [3.63, 3.8) is 0 Å². The van der Waals surface area contributed by atoms with Crippen molar-refractivity contribution in [2.24, 2.45) is 0 Å². The van der Waals surface area contributed by atoms with Gasteiger partial charge < -0.3 is 4.74 Å². The summed E-state index contributed by atoms with van der Waals surface area (Å²) in [5.74, 6) is -0.0991. The van der Waals surface area contributed by atoms with E-state index in [1.165, 1.54) is 12.2 Å². The molecular weight excluding hydrogens is 290 g/mol. The molecule has 1 aromatic carbocycles. The Kier molecular flexibility index (Phi) is 5.31. The Balaban J connectivity index is 2.55. The summed E-state index contributed by atoms with van der Waals surface area (Å²) in [4.78, 5) is 25.1. The second-order valence-corrected chi connectivity index (χ2v) is 5.02. The third kappa shape index (κ3) is 3.48. The van der Waals surface area contributed by atoms with Gasteiger partial charge in [-0.15, -0.1) is 13.2 Å². The maximum atomic E-state index is 12.0. The van der Waals surface area contributed by atoms with E-state index in [4.69, 9.17) is 4.74 Å². The number of hydrogen-bond donors (Lipinski definition) is 0. The number of amides is 2. The van der Waals surface area contributed by atoms with Crippen molar-refractivity contribution in [3.05, 3.63) is 73.4 Å². The van der Waals surface area contributed by atoms with E-state index in [9.17, 15) is 9.59 Å². The van der Waals surface area contributed by atoms with Gasteiger partial charge in [0.15, 0.2) is 0 Å². The molecule has 1 aliphatic rings. The van der Waals surface area contributed by atoms with Crippen LogP contribution in [-0.4, -0.2) is 18.4 Å². The van der Waals surface area contributed by atoms with Crippen LogP contribution in [0, 0.1) is 0 Å². The van der Waals surface area contributed by atoms with Gasteiger partial charge in [-0.3, -0.25) is 9.59 Å². The maximum Gasteiger partial charge on any atom is 0.258 e. The van der Waals surface area contributed by atoms with Crippen LogP contribution in [0.4, 0.5) is 5.69 Å². The molecule has 0 radical (unpaired) electrons. The first kappa shape index (κ1) is 16.5. The van der Waals surface area contributed by atoms with E-state index in [0.717, 1.165) is 16.0 Å². The summed E-state index contributed by atoms with van der Waals surface area (Å²) in [6, 6.07) is 3.65. The quantitative estimate of drug-likeness (QED) is 0.547. The lowest BCUT2D eigenvalue weighted by molar-refractivity contribution is -0.119. The van der Waals surface area contributed by atoms with E-state index in [0.29, 0.717) is 30.9 Å². The molecule has 4 heteroatoms. The summed E-state index contributed by atoms with van der Waals surface area (Å²) in [5.41, 5.74) is 2.31. The van der Waals surface area contributed by atoms with Crippen LogP contribution in [0.1, 0.15) is 11.1 Å². The van der Waals surface area contributed by atoms with Crippen LogP contribution in [0.15, 0.2) is 62.2 Å². The van der Waals surface area contributed by atoms with E-state index in [-0.39, 0.29) is 11.8 Å². The van der Waals surface area contributed by atoms with Gasteiger partial charge in [0.2, 0.25) is 0 Å². The van der Waals surface area contributed by atoms with E-state index in [1.807, 2.05) is 6.07 Å². The lowest BCUT2D eigenvalue weighted by atomic mass is 10.0.